The summed E-state index contributed by atoms with van der Waals surface area (Å²) in [4.78, 5) is 55.6. The van der Waals surface area contributed by atoms with Gasteiger partial charge in [0.25, 0.3) is 5.91 Å². The third-order valence-electron chi connectivity index (χ3n) is 9.34. The first kappa shape index (κ1) is 40.4. The van der Waals surface area contributed by atoms with Crippen molar-refractivity contribution in [3.05, 3.63) is 106 Å². The van der Waals surface area contributed by atoms with Crippen LogP contribution in [-0.4, -0.2) is 71.3 Å². The number of aromatic nitrogens is 1. The van der Waals surface area contributed by atoms with Gasteiger partial charge in [-0.1, -0.05) is 25.5 Å². The fraction of sp³-hybridized carbons (Fsp3) is 0.359. The first-order valence-corrected chi connectivity index (χ1v) is 18.2. The molecular formula is C39H45BF3N5O7. The van der Waals surface area contributed by atoms with Crippen molar-refractivity contribution in [3.63, 3.8) is 0 Å². The molecule has 3 amide bonds. The van der Waals surface area contributed by atoms with Crippen molar-refractivity contribution in [2.45, 2.75) is 72.8 Å². The van der Waals surface area contributed by atoms with Crippen LogP contribution >= 0.6 is 0 Å². The number of nitrogens with one attached hydrogen (secondary N) is 3. The Hall–Kier alpha value is -5.80. The number of hydrogen-bond acceptors (Lipinski definition) is 7. The van der Waals surface area contributed by atoms with Crippen LogP contribution in [0.5, 0.6) is 5.75 Å². The number of alkyl carbamates (subject to hydrolysis) is 1. The molecule has 2 aliphatic heterocycles. The van der Waals surface area contributed by atoms with Crippen LogP contribution in [0, 0.1) is 19.7 Å². The summed E-state index contributed by atoms with van der Waals surface area (Å²) < 4.78 is 58.3. The second kappa shape index (κ2) is 17.6. The van der Waals surface area contributed by atoms with Gasteiger partial charge in [0, 0.05) is 36.3 Å². The van der Waals surface area contributed by atoms with Gasteiger partial charge >= 0.3 is 19.0 Å². The van der Waals surface area contributed by atoms with E-state index in [-0.39, 0.29) is 18.6 Å². The monoisotopic (exact) mass is 763 g/mol. The maximum atomic E-state index is 15.9. The lowest BCUT2D eigenvalue weighted by atomic mass is 9.85. The van der Waals surface area contributed by atoms with Crippen molar-refractivity contribution in [1.29, 1.82) is 0 Å². The zero-order valence-corrected chi connectivity index (χ0v) is 31.5. The van der Waals surface area contributed by atoms with Crippen LogP contribution in [0.3, 0.4) is 0 Å². The summed E-state index contributed by atoms with van der Waals surface area (Å²) in [5.41, 5.74) is 6.62. The Labute approximate surface area is 317 Å². The minimum absolute atomic E-state index is 0.00504. The lowest BCUT2D eigenvalue weighted by Crippen LogP contribution is -2.51. The van der Waals surface area contributed by atoms with Crippen LogP contribution in [0.25, 0.3) is 5.57 Å². The number of aryl methyl sites for hydroxylation is 2. The van der Waals surface area contributed by atoms with Gasteiger partial charge in [0.15, 0.2) is 5.70 Å². The van der Waals surface area contributed by atoms with Crippen LogP contribution < -0.4 is 20.9 Å². The molecule has 12 nitrogen and oxygen atoms in total. The van der Waals surface area contributed by atoms with E-state index in [1.807, 2.05) is 5.48 Å². The second-order valence-electron chi connectivity index (χ2n) is 13.6. The third kappa shape index (κ3) is 9.48. The number of amides is 3. The highest BCUT2D eigenvalue weighted by Gasteiger charge is 2.54. The molecule has 55 heavy (non-hydrogen) atoms. The van der Waals surface area contributed by atoms with E-state index in [9.17, 15) is 23.6 Å². The van der Waals surface area contributed by atoms with Gasteiger partial charge in [0.1, 0.15) is 23.3 Å². The van der Waals surface area contributed by atoms with Gasteiger partial charge < -0.3 is 42.5 Å². The Morgan fingerprint density at radius 1 is 0.945 bits per heavy atom. The molecule has 0 unspecified atom stereocenters. The number of carbonyl (C=O) groups is 4. The van der Waals surface area contributed by atoms with Crippen LogP contribution in [0.4, 0.5) is 17.8 Å². The predicted octanol–water partition coefficient (Wildman–Crippen LogP) is 5.93. The topological polar surface area (TPSA) is 140 Å². The van der Waals surface area contributed by atoms with Crippen molar-refractivity contribution < 1.29 is 51.0 Å². The molecule has 1 aromatic heterocycles. The molecule has 3 heterocycles. The fourth-order valence-electron chi connectivity index (χ4n) is 6.84. The summed E-state index contributed by atoms with van der Waals surface area (Å²) in [7, 11) is 0. The van der Waals surface area contributed by atoms with Crippen molar-refractivity contribution in [1.82, 2.24) is 20.6 Å². The molecule has 2 aromatic carbocycles. The number of hydroxylamine groups is 1. The molecular weight excluding hydrogens is 718 g/mol. The highest BCUT2D eigenvalue weighted by Crippen LogP contribution is 2.43. The molecule has 16 heteroatoms. The van der Waals surface area contributed by atoms with Gasteiger partial charge in [0.05, 0.1) is 25.3 Å². The molecule has 0 saturated carbocycles. The summed E-state index contributed by atoms with van der Waals surface area (Å²) in [6, 6.07) is 12.0. The van der Waals surface area contributed by atoms with E-state index < -0.39 is 49.3 Å². The first-order valence-electron chi connectivity index (χ1n) is 18.2. The zero-order chi connectivity index (χ0) is 39.9. The van der Waals surface area contributed by atoms with E-state index in [1.54, 1.807) is 64.1 Å². The predicted molar refractivity (Wildman–Crippen MR) is 200 cm³/mol. The SMILES string of the molecule is CCCCOc1ccc(C[C@H](NC(=O)OCCCC2=C3C(C)=CC(C)=[N+]3[B-](F)(F)n3c(C)cc(C)c32)C(=O)NCC(=O)NOC(=O)c2ccc(F)cc2)cc1. The number of allylic oxidation sites excluding steroid dienone is 3. The molecule has 2 aliphatic rings. The normalized spacial score (nSPS) is 14.7. The lowest BCUT2D eigenvalue weighted by Gasteiger charge is -2.34. The molecule has 0 spiro atoms. The van der Waals surface area contributed by atoms with Crippen LogP contribution in [0.15, 0.2) is 71.9 Å². The quantitative estimate of drug-likeness (QED) is 0.0992. The summed E-state index contributed by atoms with van der Waals surface area (Å²) in [6.45, 7) is 4.76. The van der Waals surface area contributed by atoms with Crippen LogP contribution in [-0.2, 0) is 25.6 Å². The number of benzene rings is 2. The number of rotatable bonds is 15. The average Bonchev–Trinajstić information content (AvgIpc) is 3.63. The minimum Gasteiger partial charge on any atom is -0.494 e. The lowest BCUT2D eigenvalue weighted by molar-refractivity contribution is -0.363. The smallest absolute Gasteiger partial charge is 0.494 e. The van der Waals surface area contributed by atoms with E-state index in [0.717, 1.165) is 50.6 Å². The molecule has 0 aliphatic carbocycles. The average molecular weight is 764 g/mol. The highest BCUT2D eigenvalue weighted by molar-refractivity contribution is 6.58. The summed E-state index contributed by atoms with van der Waals surface area (Å²) >= 11 is 0. The van der Waals surface area contributed by atoms with Gasteiger partial charge in [-0.05, 0) is 99.3 Å². The molecule has 292 valence electrons. The molecule has 3 aromatic rings. The number of ether oxygens (including phenoxy) is 2. The standard InChI is InChI=1S/C39H45BF3N5O7/c1-6-7-18-53-31-16-10-28(11-17-31)22-33(37(50)44-23-34(49)46-55-38(51)29-12-14-30(41)15-13-29)45-39(52)54-19-8-9-32-35-24(2)20-26(4)47(35)40(42,43)48-27(5)21-25(3)36(32)48/h10-17,20-21,33H,6-9,18-19,22-23H2,1-5H3,(H,44,50)(H,45,52)(H,46,49)/t33-/m0/s1. The Morgan fingerprint density at radius 3 is 2.35 bits per heavy atom. The van der Waals surface area contributed by atoms with E-state index in [0.29, 0.717) is 53.6 Å². The van der Waals surface area contributed by atoms with E-state index in [1.165, 1.54) is 12.1 Å². The van der Waals surface area contributed by atoms with Crippen molar-refractivity contribution in [2.75, 3.05) is 19.8 Å². The van der Waals surface area contributed by atoms with Crippen molar-refractivity contribution in [3.8, 4) is 5.75 Å². The Balaban J connectivity index is 1.21. The second-order valence-corrected chi connectivity index (χ2v) is 13.6. The molecule has 0 saturated heterocycles. The van der Waals surface area contributed by atoms with E-state index in [2.05, 4.69) is 17.6 Å². The van der Waals surface area contributed by atoms with Crippen LogP contribution in [0.2, 0.25) is 0 Å². The molecule has 1 atom stereocenters. The zero-order valence-electron chi connectivity index (χ0n) is 31.5. The molecule has 0 bridgehead atoms. The van der Waals surface area contributed by atoms with Crippen LogP contribution in [0.1, 0.15) is 79.3 Å². The van der Waals surface area contributed by atoms with Gasteiger partial charge in [0.2, 0.25) is 5.91 Å². The number of carbonyl (C=O) groups excluding carboxylic acids is 4. The van der Waals surface area contributed by atoms with Gasteiger partial charge in [-0.15, -0.1) is 0 Å². The van der Waals surface area contributed by atoms with Crippen molar-refractivity contribution >= 4 is 42.1 Å². The highest BCUT2D eigenvalue weighted by atomic mass is 19.2. The van der Waals surface area contributed by atoms with E-state index in [4.69, 9.17) is 14.3 Å². The molecule has 0 radical (unpaired) electrons. The molecule has 3 N–H and O–H groups in total. The third-order valence-corrected chi connectivity index (χ3v) is 9.34. The Kier molecular flexibility index (Phi) is 12.9. The van der Waals surface area contributed by atoms with Crippen molar-refractivity contribution in [2.24, 2.45) is 0 Å². The number of unbranched alkanes of at least 4 members (excludes halogenated alkanes) is 1. The van der Waals surface area contributed by atoms with Gasteiger partial charge in [-0.25, -0.2) is 14.0 Å². The number of hydrogen-bond donors (Lipinski definition) is 3. The fourth-order valence-corrected chi connectivity index (χ4v) is 6.84. The number of fused-ring (bicyclic) bond motifs is 2. The molecule has 0 fully saturated rings. The number of nitrogens with zero attached hydrogens (tertiary/aromatic N) is 2. The minimum atomic E-state index is -4.10. The largest absolute Gasteiger partial charge is 0.737 e. The molecule has 5 rings (SSSR count). The maximum Gasteiger partial charge on any atom is 0.737 e. The van der Waals surface area contributed by atoms with Gasteiger partial charge in [-0.3, -0.25) is 9.59 Å². The van der Waals surface area contributed by atoms with Gasteiger partial charge in [-0.2, -0.15) is 5.48 Å². The number of halogens is 3. The Morgan fingerprint density at radius 2 is 1.65 bits per heavy atom. The summed E-state index contributed by atoms with van der Waals surface area (Å²) in [6.07, 6.45) is 3.39. The summed E-state index contributed by atoms with van der Waals surface area (Å²) in [5.74, 6) is -2.44. The maximum absolute atomic E-state index is 15.9. The Bertz CT molecular complexity index is 2040. The summed E-state index contributed by atoms with van der Waals surface area (Å²) in [5, 5.41) is 4.98. The first-order chi connectivity index (χ1) is 26.2. The van der Waals surface area contributed by atoms with E-state index >= 15 is 8.63 Å².